The molecule has 1 N–H and O–H groups in total. The molecule has 5 nitrogen and oxygen atoms in total. The lowest BCUT2D eigenvalue weighted by atomic mass is 9.92. The van der Waals surface area contributed by atoms with Crippen LogP contribution in [-0.2, 0) is 23.3 Å². The molecule has 2 aliphatic carbocycles. The summed E-state index contributed by atoms with van der Waals surface area (Å²) in [6, 6.07) is 11.5. The molecule has 2 aromatic rings. The average Bonchev–Trinajstić information content (AvgIpc) is 3.38. The van der Waals surface area contributed by atoms with E-state index in [1.807, 2.05) is 36.4 Å². The topological polar surface area (TPSA) is 62.3 Å². The second-order valence-corrected chi connectivity index (χ2v) is 7.25. The molecule has 1 atom stereocenters. The van der Waals surface area contributed by atoms with Gasteiger partial charge in [-0.05, 0) is 54.5 Å². The lowest BCUT2D eigenvalue weighted by molar-refractivity contribution is -0.132. The van der Waals surface area contributed by atoms with Gasteiger partial charge in [0.15, 0.2) is 0 Å². The predicted octanol–water partition coefficient (Wildman–Crippen LogP) is 2.85. The number of carbonyl (C=O) groups is 2. The van der Waals surface area contributed by atoms with Crippen LogP contribution in [0.1, 0.15) is 47.6 Å². The molecule has 0 bridgehead atoms. The number of hydrogen-bond donors (Lipinski definition) is 1. The predicted molar refractivity (Wildman–Crippen MR) is 91.7 cm³/mol. The van der Waals surface area contributed by atoms with Gasteiger partial charge in [0, 0.05) is 17.8 Å². The van der Waals surface area contributed by atoms with Gasteiger partial charge >= 0.3 is 6.03 Å². The SMILES string of the molecule is O=C1NC2(CCc3ccccc32)C(=O)N1Cc1ccnc(C2CC2)c1. The summed E-state index contributed by atoms with van der Waals surface area (Å²) in [6.45, 7) is 0.302. The van der Waals surface area contributed by atoms with Crippen LogP contribution in [0.25, 0.3) is 0 Å². The van der Waals surface area contributed by atoms with Crippen LogP contribution in [0.5, 0.6) is 0 Å². The Labute approximate surface area is 146 Å². The molecule has 1 spiro atoms. The Balaban J connectivity index is 1.45. The molecule has 3 amide bonds. The van der Waals surface area contributed by atoms with Crippen molar-refractivity contribution in [3.8, 4) is 0 Å². The normalized spacial score (nSPS) is 24.7. The van der Waals surface area contributed by atoms with E-state index in [0.717, 1.165) is 28.8 Å². The monoisotopic (exact) mass is 333 g/mol. The minimum atomic E-state index is -0.875. The number of rotatable bonds is 3. The van der Waals surface area contributed by atoms with Crippen LogP contribution in [0.15, 0.2) is 42.6 Å². The number of pyridine rings is 1. The van der Waals surface area contributed by atoms with Crippen molar-refractivity contribution < 1.29 is 9.59 Å². The minimum Gasteiger partial charge on any atom is -0.319 e. The molecule has 1 aromatic carbocycles. The number of fused-ring (bicyclic) bond motifs is 2. The molecular weight excluding hydrogens is 314 g/mol. The van der Waals surface area contributed by atoms with Gasteiger partial charge in [-0.1, -0.05) is 24.3 Å². The summed E-state index contributed by atoms with van der Waals surface area (Å²) in [6.07, 6.45) is 5.59. The Bertz CT molecular complexity index is 890. The van der Waals surface area contributed by atoms with Crippen LogP contribution in [0.4, 0.5) is 4.79 Å². The Hall–Kier alpha value is -2.69. The Kier molecular flexibility index (Phi) is 3.02. The molecule has 126 valence electrons. The molecule has 5 heteroatoms. The number of aromatic nitrogens is 1. The highest BCUT2D eigenvalue weighted by atomic mass is 16.2. The van der Waals surface area contributed by atoms with Crippen LogP contribution in [0.3, 0.4) is 0 Å². The molecule has 5 rings (SSSR count). The largest absolute Gasteiger partial charge is 0.325 e. The van der Waals surface area contributed by atoms with Gasteiger partial charge in [-0.15, -0.1) is 0 Å². The van der Waals surface area contributed by atoms with Gasteiger partial charge in [0.2, 0.25) is 0 Å². The van der Waals surface area contributed by atoms with Crippen molar-refractivity contribution in [1.29, 1.82) is 0 Å². The Morgan fingerprint density at radius 1 is 1.20 bits per heavy atom. The van der Waals surface area contributed by atoms with E-state index in [0.29, 0.717) is 18.9 Å². The number of nitrogens with one attached hydrogen (secondary N) is 1. The van der Waals surface area contributed by atoms with Crippen molar-refractivity contribution in [2.24, 2.45) is 0 Å². The van der Waals surface area contributed by atoms with Crippen molar-refractivity contribution in [2.45, 2.75) is 43.7 Å². The minimum absolute atomic E-state index is 0.132. The second kappa shape index (κ2) is 5.15. The molecule has 1 unspecified atom stereocenters. The molecule has 2 heterocycles. The number of amides is 3. The van der Waals surface area contributed by atoms with Crippen molar-refractivity contribution in [2.75, 3.05) is 0 Å². The fourth-order valence-electron chi connectivity index (χ4n) is 4.11. The lowest BCUT2D eigenvalue weighted by Crippen LogP contribution is -2.41. The summed E-state index contributed by atoms with van der Waals surface area (Å²) < 4.78 is 0. The zero-order valence-electron chi connectivity index (χ0n) is 13.9. The molecular formula is C20H19N3O2. The second-order valence-electron chi connectivity index (χ2n) is 7.25. The standard InChI is InChI=1S/C20H19N3O2/c24-18-20(9-7-14-3-1-2-4-16(14)20)22-19(25)23(18)12-13-8-10-21-17(11-13)15-5-6-15/h1-4,8,10-11,15H,5-7,9,12H2,(H,22,25). The van der Waals surface area contributed by atoms with E-state index < -0.39 is 5.54 Å². The summed E-state index contributed by atoms with van der Waals surface area (Å²) in [5, 5.41) is 2.98. The number of carbonyl (C=O) groups excluding carboxylic acids is 2. The summed E-state index contributed by atoms with van der Waals surface area (Å²) in [7, 11) is 0. The van der Waals surface area contributed by atoms with Gasteiger partial charge in [-0.2, -0.15) is 0 Å². The summed E-state index contributed by atoms with van der Waals surface area (Å²) in [5.41, 5.74) is 3.26. The number of aryl methyl sites for hydroxylation is 1. The summed E-state index contributed by atoms with van der Waals surface area (Å²) in [5.74, 6) is 0.420. The maximum absolute atomic E-state index is 13.2. The molecule has 0 radical (unpaired) electrons. The van der Waals surface area contributed by atoms with Gasteiger partial charge in [0.25, 0.3) is 5.91 Å². The molecule has 1 saturated heterocycles. The number of urea groups is 1. The number of imide groups is 1. The quantitative estimate of drug-likeness (QED) is 0.879. The highest BCUT2D eigenvalue weighted by Gasteiger charge is 2.55. The summed E-state index contributed by atoms with van der Waals surface area (Å²) in [4.78, 5) is 31.5. The fraction of sp³-hybridized carbons (Fsp3) is 0.350. The van der Waals surface area contributed by atoms with E-state index in [4.69, 9.17) is 0 Å². The van der Waals surface area contributed by atoms with E-state index in [9.17, 15) is 9.59 Å². The van der Waals surface area contributed by atoms with Gasteiger partial charge in [-0.3, -0.25) is 14.7 Å². The first-order chi connectivity index (χ1) is 12.2. The molecule has 1 aliphatic heterocycles. The van der Waals surface area contributed by atoms with Crippen molar-refractivity contribution in [3.05, 3.63) is 65.0 Å². The summed E-state index contributed by atoms with van der Waals surface area (Å²) >= 11 is 0. The van der Waals surface area contributed by atoms with E-state index in [1.54, 1.807) is 6.20 Å². The Morgan fingerprint density at radius 3 is 2.88 bits per heavy atom. The molecule has 3 aliphatic rings. The van der Waals surface area contributed by atoms with Crippen LogP contribution in [-0.4, -0.2) is 21.8 Å². The van der Waals surface area contributed by atoms with Gasteiger partial charge < -0.3 is 5.32 Å². The van der Waals surface area contributed by atoms with E-state index in [-0.39, 0.29) is 11.9 Å². The van der Waals surface area contributed by atoms with E-state index >= 15 is 0 Å². The lowest BCUT2D eigenvalue weighted by Gasteiger charge is -2.22. The number of hydrogen-bond acceptors (Lipinski definition) is 3. The molecule has 1 saturated carbocycles. The Morgan fingerprint density at radius 2 is 2.04 bits per heavy atom. The molecule has 25 heavy (non-hydrogen) atoms. The van der Waals surface area contributed by atoms with Gasteiger partial charge in [0.05, 0.1) is 6.54 Å². The zero-order chi connectivity index (χ0) is 17.0. The van der Waals surface area contributed by atoms with Crippen LogP contribution in [0.2, 0.25) is 0 Å². The van der Waals surface area contributed by atoms with Crippen molar-refractivity contribution in [3.63, 3.8) is 0 Å². The van der Waals surface area contributed by atoms with Gasteiger partial charge in [-0.25, -0.2) is 4.79 Å². The maximum Gasteiger partial charge on any atom is 0.325 e. The van der Waals surface area contributed by atoms with Gasteiger partial charge in [0.1, 0.15) is 5.54 Å². The van der Waals surface area contributed by atoms with Crippen molar-refractivity contribution in [1.82, 2.24) is 15.2 Å². The molecule has 2 fully saturated rings. The highest BCUT2D eigenvalue weighted by molar-refractivity contribution is 6.08. The average molecular weight is 333 g/mol. The first kappa shape index (κ1) is 14.6. The smallest absolute Gasteiger partial charge is 0.319 e. The number of benzene rings is 1. The first-order valence-electron chi connectivity index (χ1n) is 8.85. The van der Waals surface area contributed by atoms with Crippen LogP contribution >= 0.6 is 0 Å². The first-order valence-corrected chi connectivity index (χ1v) is 8.85. The number of nitrogens with zero attached hydrogens (tertiary/aromatic N) is 2. The van der Waals surface area contributed by atoms with E-state index in [1.165, 1.54) is 17.7 Å². The molecule has 1 aromatic heterocycles. The third-order valence-electron chi connectivity index (χ3n) is 5.60. The maximum atomic E-state index is 13.2. The fourth-order valence-corrected chi connectivity index (χ4v) is 4.11. The van der Waals surface area contributed by atoms with Crippen LogP contribution < -0.4 is 5.32 Å². The van der Waals surface area contributed by atoms with Crippen molar-refractivity contribution >= 4 is 11.9 Å². The zero-order valence-corrected chi connectivity index (χ0v) is 13.9. The van der Waals surface area contributed by atoms with Crippen LogP contribution in [0, 0.1) is 0 Å². The highest BCUT2D eigenvalue weighted by Crippen LogP contribution is 2.42. The third kappa shape index (κ3) is 2.18. The third-order valence-corrected chi connectivity index (χ3v) is 5.60. The van der Waals surface area contributed by atoms with E-state index in [2.05, 4.69) is 10.3 Å².